The summed E-state index contributed by atoms with van der Waals surface area (Å²) in [4.78, 5) is 19.8. The lowest BCUT2D eigenvalue weighted by atomic mass is 9.97. The highest BCUT2D eigenvalue weighted by molar-refractivity contribution is 7.81. The van der Waals surface area contributed by atoms with E-state index in [4.69, 9.17) is 21.4 Å². The molecule has 10 nitrogen and oxygen atoms in total. The van der Waals surface area contributed by atoms with Crippen molar-refractivity contribution in [3.8, 4) is 28.3 Å². The number of carbonyl (C=O) groups excluding carboxylic acids is 1. The number of hydrogen-bond donors (Lipinski definition) is 2. The van der Waals surface area contributed by atoms with E-state index in [0.717, 1.165) is 66.1 Å². The van der Waals surface area contributed by atoms with E-state index in [0.29, 0.717) is 36.1 Å². The molecule has 47 heavy (non-hydrogen) atoms. The zero-order valence-electron chi connectivity index (χ0n) is 27.0. The SMILES string of the molecule is COc1ccc(NCCNC(=O)c2cccc(-c3cc(-c4nn(CCCN5CCCC5)c5c4CN(S(C)=O)CC5)ccc3Cl)c2)cn1. The van der Waals surface area contributed by atoms with Crippen molar-refractivity contribution in [3.05, 3.63) is 82.6 Å². The lowest BCUT2D eigenvalue weighted by Crippen LogP contribution is -2.32. The van der Waals surface area contributed by atoms with Gasteiger partial charge in [-0.25, -0.2) is 13.5 Å². The number of fused-ring (bicyclic) bond motifs is 1. The van der Waals surface area contributed by atoms with E-state index in [2.05, 4.69) is 31.3 Å². The smallest absolute Gasteiger partial charge is 0.251 e. The van der Waals surface area contributed by atoms with Crippen molar-refractivity contribution in [1.82, 2.24) is 29.3 Å². The molecule has 0 bridgehead atoms. The van der Waals surface area contributed by atoms with Gasteiger partial charge in [-0.15, -0.1) is 0 Å². The van der Waals surface area contributed by atoms with Crippen LogP contribution in [0.3, 0.4) is 0 Å². The van der Waals surface area contributed by atoms with Gasteiger partial charge in [-0.2, -0.15) is 5.10 Å². The van der Waals surface area contributed by atoms with E-state index in [1.165, 1.54) is 31.6 Å². The first-order valence-electron chi connectivity index (χ1n) is 16.2. The average Bonchev–Trinajstić information content (AvgIpc) is 3.75. The molecule has 1 saturated heterocycles. The molecule has 2 aliphatic rings. The second kappa shape index (κ2) is 15.4. The Morgan fingerprint density at radius 2 is 1.87 bits per heavy atom. The first-order chi connectivity index (χ1) is 22.9. The summed E-state index contributed by atoms with van der Waals surface area (Å²) in [5.74, 6) is 0.385. The van der Waals surface area contributed by atoms with Crippen LogP contribution in [-0.2, 0) is 30.5 Å². The van der Waals surface area contributed by atoms with Gasteiger partial charge in [0.25, 0.3) is 5.91 Å². The van der Waals surface area contributed by atoms with E-state index in [1.54, 1.807) is 31.7 Å². The van der Waals surface area contributed by atoms with Gasteiger partial charge in [0.15, 0.2) is 0 Å². The molecule has 1 amide bonds. The Labute approximate surface area is 284 Å². The van der Waals surface area contributed by atoms with Gasteiger partial charge in [0.2, 0.25) is 5.88 Å². The Hall–Kier alpha value is -3.77. The normalized spacial score (nSPS) is 15.7. The number of anilines is 1. The van der Waals surface area contributed by atoms with Crippen molar-refractivity contribution in [2.24, 2.45) is 0 Å². The summed E-state index contributed by atoms with van der Waals surface area (Å²) in [6.45, 7) is 6.66. The number of hydrogen-bond acceptors (Lipinski definition) is 7. The Bertz CT molecular complexity index is 1720. The summed E-state index contributed by atoms with van der Waals surface area (Å²) < 4.78 is 21.7. The van der Waals surface area contributed by atoms with Crippen molar-refractivity contribution in [1.29, 1.82) is 0 Å². The summed E-state index contributed by atoms with van der Waals surface area (Å²) in [7, 11) is 0.516. The lowest BCUT2D eigenvalue weighted by molar-refractivity contribution is 0.0955. The highest BCUT2D eigenvalue weighted by atomic mass is 35.5. The maximum Gasteiger partial charge on any atom is 0.251 e. The van der Waals surface area contributed by atoms with Crippen LogP contribution in [-0.4, -0.2) is 86.7 Å². The second-order valence-corrected chi connectivity index (χ2v) is 13.8. The summed E-state index contributed by atoms with van der Waals surface area (Å²) >= 11 is 6.77. The highest BCUT2D eigenvalue weighted by Crippen LogP contribution is 2.36. The molecule has 0 aliphatic carbocycles. The maximum atomic E-state index is 13.1. The number of aromatic nitrogens is 3. The van der Waals surface area contributed by atoms with Crippen LogP contribution in [0.15, 0.2) is 60.8 Å². The lowest BCUT2D eigenvalue weighted by Gasteiger charge is -2.25. The number of rotatable bonds is 13. The van der Waals surface area contributed by atoms with Gasteiger partial charge in [-0.3, -0.25) is 9.48 Å². The molecule has 6 rings (SSSR count). The fourth-order valence-corrected chi connectivity index (χ4v) is 7.25. The minimum absolute atomic E-state index is 0.164. The standard InChI is InChI=1S/C35H42ClN7O3S/c1-46-33-12-10-28(23-39-33)37-14-15-38-35(44)27-8-5-7-25(21-27)29-22-26(9-11-31(29)36)34-30-24-42(47(2)45)20-13-32(30)43(40-34)19-6-18-41-16-3-4-17-41/h5,7-12,21-23,37H,3-4,6,13-20,24H2,1-2H3,(H,38,44). The monoisotopic (exact) mass is 675 g/mol. The minimum Gasteiger partial charge on any atom is -0.481 e. The molecule has 2 aromatic heterocycles. The molecule has 2 aliphatic heterocycles. The second-order valence-electron chi connectivity index (χ2n) is 12.0. The molecule has 1 unspecified atom stereocenters. The van der Waals surface area contributed by atoms with E-state index in [-0.39, 0.29) is 5.91 Å². The molecule has 0 spiro atoms. The van der Waals surface area contributed by atoms with Crippen molar-refractivity contribution in [2.75, 3.05) is 58.0 Å². The molecule has 0 saturated carbocycles. The highest BCUT2D eigenvalue weighted by Gasteiger charge is 2.27. The number of aryl methyl sites for hydroxylation is 1. The molecule has 4 heterocycles. The van der Waals surface area contributed by atoms with Gasteiger partial charge < -0.3 is 20.3 Å². The van der Waals surface area contributed by atoms with Gasteiger partial charge in [0, 0.05) is 84.4 Å². The number of carbonyl (C=O) groups is 1. The van der Waals surface area contributed by atoms with Crippen molar-refractivity contribution < 1.29 is 13.7 Å². The Morgan fingerprint density at radius 3 is 2.64 bits per heavy atom. The first kappa shape index (κ1) is 33.1. The molecule has 2 N–H and O–H groups in total. The van der Waals surface area contributed by atoms with Crippen molar-refractivity contribution >= 4 is 34.2 Å². The van der Waals surface area contributed by atoms with Gasteiger partial charge >= 0.3 is 0 Å². The number of nitrogens with one attached hydrogen (secondary N) is 2. The molecule has 1 atom stereocenters. The van der Waals surface area contributed by atoms with Gasteiger partial charge in [-0.05, 0) is 74.8 Å². The zero-order valence-corrected chi connectivity index (χ0v) is 28.6. The van der Waals surface area contributed by atoms with Crippen LogP contribution in [0.5, 0.6) is 5.88 Å². The summed E-state index contributed by atoms with van der Waals surface area (Å²) in [5, 5.41) is 12.0. The molecule has 1 fully saturated rings. The summed E-state index contributed by atoms with van der Waals surface area (Å²) in [5.41, 5.74) is 7.30. The number of benzene rings is 2. The third-order valence-electron chi connectivity index (χ3n) is 8.87. The molecule has 0 radical (unpaired) electrons. The fraction of sp³-hybridized carbons (Fsp3) is 0.400. The average molecular weight is 676 g/mol. The van der Waals surface area contributed by atoms with E-state index in [9.17, 15) is 9.00 Å². The Kier molecular flexibility index (Phi) is 10.9. The topological polar surface area (TPSA) is 105 Å². The first-order valence-corrected chi connectivity index (χ1v) is 18.1. The van der Waals surface area contributed by atoms with Gasteiger partial charge in [-0.1, -0.05) is 29.8 Å². The van der Waals surface area contributed by atoms with E-state index < -0.39 is 11.0 Å². The largest absolute Gasteiger partial charge is 0.481 e. The number of ether oxygens (including phenoxy) is 1. The summed E-state index contributed by atoms with van der Waals surface area (Å²) in [6.07, 6.45) is 7.88. The molecule has 4 aromatic rings. The minimum atomic E-state index is -1.06. The number of methoxy groups -OCH3 is 1. The third-order valence-corrected chi connectivity index (χ3v) is 10.2. The number of pyridine rings is 1. The van der Waals surface area contributed by atoms with Crippen LogP contribution < -0.4 is 15.4 Å². The van der Waals surface area contributed by atoms with Crippen LogP contribution in [0.25, 0.3) is 22.4 Å². The predicted octanol–water partition coefficient (Wildman–Crippen LogP) is 5.25. The zero-order chi connectivity index (χ0) is 32.8. The number of likely N-dealkylation sites (tertiary alicyclic amines) is 1. The molecule has 248 valence electrons. The van der Waals surface area contributed by atoms with Crippen LogP contribution in [0.2, 0.25) is 5.02 Å². The van der Waals surface area contributed by atoms with Crippen LogP contribution in [0.4, 0.5) is 5.69 Å². The fourth-order valence-electron chi connectivity index (χ4n) is 6.36. The maximum absolute atomic E-state index is 13.1. The van der Waals surface area contributed by atoms with Crippen molar-refractivity contribution in [2.45, 2.75) is 38.8 Å². The van der Waals surface area contributed by atoms with Crippen LogP contribution >= 0.6 is 11.6 Å². The third kappa shape index (κ3) is 8.03. The predicted molar refractivity (Wildman–Crippen MR) is 188 cm³/mol. The molecule has 2 aromatic carbocycles. The molecular formula is C35H42ClN7O3S. The number of amides is 1. The molecule has 12 heteroatoms. The molecular weight excluding hydrogens is 634 g/mol. The van der Waals surface area contributed by atoms with Gasteiger partial charge in [0.05, 0.1) is 35.7 Å². The number of halogens is 1. The van der Waals surface area contributed by atoms with Crippen LogP contribution in [0.1, 0.15) is 40.9 Å². The quantitative estimate of drug-likeness (QED) is 0.187. The summed E-state index contributed by atoms with van der Waals surface area (Å²) in [6, 6.07) is 17.1. The van der Waals surface area contributed by atoms with E-state index >= 15 is 0 Å². The Balaban J connectivity index is 1.18. The number of nitrogens with zero attached hydrogens (tertiary/aromatic N) is 5. The van der Waals surface area contributed by atoms with Gasteiger partial charge in [0.1, 0.15) is 0 Å². The van der Waals surface area contributed by atoms with E-state index in [1.807, 2.05) is 40.7 Å². The Morgan fingerprint density at radius 1 is 1.02 bits per heavy atom. The van der Waals surface area contributed by atoms with Crippen molar-refractivity contribution in [3.63, 3.8) is 0 Å². The van der Waals surface area contributed by atoms with Crippen LogP contribution in [0, 0.1) is 0 Å².